The van der Waals surface area contributed by atoms with E-state index in [1.807, 2.05) is 13.8 Å². The molecule has 19 heavy (non-hydrogen) atoms. The lowest BCUT2D eigenvalue weighted by Crippen LogP contribution is -2.25. The zero-order valence-corrected chi connectivity index (χ0v) is 11.4. The predicted molar refractivity (Wildman–Crippen MR) is 69.2 cm³/mol. The average molecular weight is 266 g/mol. The Morgan fingerprint density at radius 2 is 2.00 bits per heavy atom. The van der Waals surface area contributed by atoms with Crippen molar-refractivity contribution >= 4 is 6.29 Å². The summed E-state index contributed by atoms with van der Waals surface area (Å²) in [4.78, 5) is 11.0. The first-order valence-electron chi connectivity index (χ1n) is 6.12. The third kappa shape index (κ3) is 3.17. The molecular formula is C14H18O5. The van der Waals surface area contributed by atoms with Crippen LogP contribution in [-0.4, -0.2) is 32.4 Å². The van der Waals surface area contributed by atoms with Gasteiger partial charge in [0.1, 0.15) is 5.75 Å². The summed E-state index contributed by atoms with van der Waals surface area (Å²) in [5.74, 6) is 1.68. The molecule has 0 radical (unpaired) electrons. The third-order valence-electron chi connectivity index (χ3n) is 3.15. The monoisotopic (exact) mass is 266 g/mol. The molecule has 5 nitrogen and oxygen atoms in total. The smallest absolute Gasteiger partial charge is 0.231 e. The molecule has 1 aromatic carbocycles. The third-order valence-corrected chi connectivity index (χ3v) is 3.15. The van der Waals surface area contributed by atoms with Gasteiger partial charge in [0.05, 0.1) is 17.8 Å². The van der Waals surface area contributed by atoms with Crippen LogP contribution in [0, 0.1) is 0 Å². The van der Waals surface area contributed by atoms with Crippen LogP contribution in [0.25, 0.3) is 0 Å². The Balaban J connectivity index is 2.06. The number of benzene rings is 1. The van der Waals surface area contributed by atoms with E-state index in [0.717, 1.165) is 12.7 Å². The Morgan fingerprint density at radius 1 is 1.32 bits per heavy atom. The van der Waals surface area contributed by atoms with Gasteiger partial charge >= 0.3 is 0 Å². The molecule has 1 aliphatic rings. The zero-order chi connectivity index (χ0) is 13.9. The lowest BCUT2D eigenvalue weighted by Gasteiger charge is -2.22. The standard InChI is InChI=1S/C14H18O5/c1-14(2,16-3)4-5-17-11-7-13-12(18-9-19-13)6-10(11)8-15/h6-8H,4-5,9H2,1-3H3. The molecule has 1 heterocycles. The molecule has 0 aromatic heterocycles. The van der Waals surface area contributed by atoms with Crippen LogP contribution in [0.15, 0.2) is 12.1 Å². The number of methoxy groups -OCH3 is 1. The Morgan fingerprint density at radius 3 is 2.63 bits per heavy atom. The summed E-state index contributed by atoms with van der Waals surface area (Å²) >= 11 is 0. The Hall–Kier alpha value is -1.75. The van der Waals surface area contributed by atoms with Crippen molar-refractivity contribution in [2.75, 3.05) is 20.5 Å². The van der Waals surface area contributed by atoms with Gasteiger partial charge in [-0.25, -0.2) is 0 Å². The Labute approximate surface area is 112 Å². The van der Waals surface area contributed by atoms with Gasteiger partial charge in [0.25, 0.3) is 0 Å². The molecule has 1 aromatic rings. The van der Waals surface area contributed by atoms with Crippen molar-refractivity contribution < 1.29 is 23.7 Å². The zero-order valence-electron chi connectivity index (χ0n) is 11.4. The van der Waals surface area contributed by atoms with E-state index in [4.69, 9.17) is 18.9 Å². The number of rotatable bonds is 6. The summed E-state index contributed by atoms with van der Waals surface area (Å²) in [7, 11) is 1.66. The highest BCUT2D eigenvalue weighted by Gasteiger charge is 2.19. The fourth-order valence-electron chi connectivity index (χ4n) is 1.66. The summed E-state index contributed by atoms with van der Waals surface area (Å²) in [5, 5.41) is 0. The molecule has 0 unspecified atom stereocenters. The minimum absolute atomic E-state index is 0.174. The molecule has 0 spiro atoms. The van der Waals surface area contributed by atoms with Crippen molar-refractivity contribution in [1.82, 2.24) is 0 Å². The highest BCUT2D eigenvalue weighted by Crippen LogP contribution is 2.37. The summed E-state index contributed by atoms with van der Waals surface area (Å²) in [6.45, 7) is 4.60. The first-order valence-corrected chi connectivity index (χ1v) is 6.12. The maximum absolute atomic E-state index is 11.0. The molecule has 104 valence electrons. The fourth-order valence-corrected chi connectivity index (χ4v) is 1.66. The molecule has 0 saturated heterocycles. The molecule has 0 bridgehead atoms. The number of ether oxygens (including phenoxy) is 4. The summed E-state index contributed by atoms with van der Waals surface area (Å²) in [6.07, 6.45) is 1.47. The molecular weight excluding hydrogens is 248 g/mol. The first-order chi connectivity index (χ1) is 9.05. The van der Waals surface area contributed by atoms with E-state index in [0.29, 0.717) is 29.4 Å². The Bertz CT molecular complexity index is 467. The number of carbonyl (C=O) groups excluding carboxylic acids is 1. The van der Waals surface area contributed by atoms with Crippen LogP contribution in [0.3, 0.4) is 0 Å². The van der Waals surface area contributed by atoms with Gasteiger partial charge in [0, 0.05) is 19.6 Å². The molecule has 0 saturated carbocycles. The Kier molecular flexibility index (Phi) is 3.95. The van der Waals surface area contributed by atoms with Gasteiger partial charge in [-0.3, -0.25) is 4.79 Å². The molecule has 0 fully saturated rings. The normalized spacial score (nSPS) is 13.4. The second kappa shape index (κ2) is 5.48. The molecule has 0 atom stereocenters. The van der Waals surface area contributed by atoms with Crippen LogP contribution in [0.5, 0.6) is 17.2 Å². The minimum Gasteiger partial charge on any atom is -0.493 e. The van der Waals surface area contributed by atoms with Crippen LogP contribution in [0.4, 0.5) is 0 Å². The van der Waals surface area contributed by atoms with E-state index >= 15 is 0 Å². The van der Waals surface area contributed by atoms with Crippen molar-refractivity contribution in [3.63, 3.8) is 0 Å². The van der Waals surface area contributed by atoms with E-state index in [2.05, 4.69) is 0 Å². The highest BCUT2D eigenvalue weighted by molar-refractivity contribution is 5.81. The van der Waals surface area contributed by atoms with Crippen molar-refractivity contribution in [3.05, 3.63) is 17.7 Å². The topological polar surface area (TPSA) is 54.0 Å². The number of hydrogen-bond acceptors (Lipinski definition) is 5. The van der Waals surface area contributed by atoms with E-state index in [-0.39, 0.29) is 12.4 Å². The second-order valence-corrected chi connectivity index (χ2v) is 4.92. The lowest BCUT2D eigenvalue weighted by molar-refractivity contribution is 0.00542. The summed E-state index contributed by atoms with van der Waals surface area (Å²) in [6, 6.07) is 3.32. The summed E-state index contributed by atoms with van der Waals surface area (Å²) in [5.41, 5.74) is 0.206. The molecule has 2 rings (SSSR count). The highest BCUT2D eigenvalue weighted by atomic mass is 16.7. The molecule has 0 aliphatic carbocycles. The van der Waals surface area contributed by atoms with Crippen molar-refractivity contribution in [3.8, 4) is 17.2 Å². The van der Waals surface area contributed by atoms with Crippen LogP contribution in [0.1, 0.15) is 30.6 Å². The number of fused-ring (bicyclic) bond motifs is 1. The van der Waals surface area contributed by atoms with Gasteiger partial charge in [-0.15, -0.1) is 0 Å². The fraction of sp³-hybridized carbons (Fsp3) is 0.500. The largest absolute Gasteiger partial charge is 0.493 e. The first kappa shape index (κ1) is 13.7. The lowest BCUT2D eigenvalue weighted by atomic mass is 10.1. The van der Waals surface area contributed by atoms with Crippen LogP contribution < -0.4 is 14.2 Å². The van der Waals surface area contributed by atoms with Gasteiger partial charge in [0.2, 0.25) is 6.79 Å². The maximum Gasteiger partial charge on any atom is 0.231 e. The van der Waals surface area contributed by atoms with Gasteiger partial charge < -0.3 is 18.9 Å². The quantitative estimate of drug-likeness (QED) is 0.740. The van der Waals surface area contributed by atoms with Crippen molar-refractivity contribution in [2.24, 2.45) is 0 Å². The second-order valence-electron chi connectivity index (χ2n) is 4.92. The van der Waals surface area contributed by atoms with E-state index in [1.165, 1.54) is 0 Å². The minimum atomic E-state index is -0.252. The van der Waals surface area contributed by atoms with Crippen LogP contribution >= 0.6 is 0 Å². The molecule has 1 aliphatic heterocycles. The maximum atomic E-state index is 11.0. The molecule has 0 N–H and O–H groups in total. The van der Waals surface area contributed by atoms with Gasteiger partial charge in [-0.2, -0.15) is 0 Å². The SMILES string of the molecule is COC(C)(C)CCOc1cc2c(cc1C=O)OCO2. The average Bonchev–Trinajstić information content (AvgIpc) is 2.84. The van der Waals surface area contributed by atoms with E-state index < -0.39 is 0 Å². The number of hydrogen-bond donors (Lipinski definition) is 0. The van der Waals surface area contributed by atoms with Gasteiger partial charge in [0.15, 0.2) is 17.8 Å². The molecule has 0 amide bonds. The summed E-state index contributed by atoms with van der Waals surface area (Å²) < 4.78 is 21.4. The van der Waals surface area contributed by atoms with Crippen LogP contribution in [-0.2, 0) is 4.74 Å². The van der Waals surface area contributed by atoms with Crippen LogP contribution in [0.2, 0.25) is 0 Å². The van der Waals surface area contributed by atoms with E-state index in [1.54, 1.807) is 19.2 Å². The van der Waals surface area contributed by atoms with Crippen molar-refractivity contribution in [1.29, 1.82) is 0 Å². The number of carbonyl (C=O) groups is 1. The predicted octanol–water partition coefficient (Wildman–Crippen LogP) is 2.42. The van der Waals surface area contributed by atoms with Gasteiger partial charge in [-0.1, -0.05) is 0 Å². The van der Waals surface area contributed by atoms with Crippen molar-refractivity contribution in [2.45, 2.75) is 25.9 Å². The van der Waals surface area contributed by atoms with E-state index in [9.17, 15) is 4.79 Å². The molecule has 5 heteroatoms. The van der Waals surface area contributed by atoms with Gasteiger partial charge in [-0.05, 0) is 19.9 Å². The number of aldehydes is 1.